The molecule has 0 aliphatic heterocycles. The summed E-state index contributed by atoms with van der Waals surface area (Å²) in [5.74, 6) is -1.59. The van der Waals surface area contributed by atoms with Gasteiger partial charge in [0.05, 0.1) is 5.69 Å². The molecule has 0 atom stereocenters. The number of rotatable bonds is 2. The molecule has 0 fully saturated rings. The lowest BCUT2D eigenvalue weighted by Crippen LogP contribution is -2.07. The number of carboxylic acid groups (broad SMARTS) is 1. The second-order valence-corrected chi connectivity index (χ2v) is 4.09. The molecule has 2 aromatic rings. The standard InChI is InChI=1S/C12H9FN2O2S/c1-6-9(11(16)17)10(15-12(18)14-6)7-3-2-4-8(13)5-7/h2-5H,1H3,(H,16,17)(H,14,15,18). The Balaban J connectivity index is 2.77. The van der Waals surface area contributed by atoms with Gasteiger partial charge in [-0.1, -0.05) is 12.1 Å². The summed E-state index contributed by atoms with van der Waals surface area (Å²) in [6.07, 6.45) is 0. The minimum Gasteiger partial charge on any atom is -0.478 e. The quantitative estimate of drug-likeness (QED) is 0.818. The van der Waals surface area contributed by atoms with E-state index in [0.717, 1.165) is 0 Å². The van der Waals surface area contributed by atoms with E-state index in [2.05, 4.69) is 9.97 Å². The summed E-state index contributed by atoms with van der Waals surface area (Å²) in [6, 6.07) is 5.59. The van der Waals surface area contributed by atoms with Crippen LogP contribution in [0.15, 0.2) is 24.3 Å². The summed E-state index contributed by atoms with van der Waals surface area (Å²) in [6.45, 7) is 1.59. The zero-order chi connectivity index (χ0) is 13.3. The van der Waals surface area contributed by atoms with Crippen molar-refractivity contribution < 1.29 is 14.3 Å². The maximum absolute atomic E-state index is 13.2. The molecule has 2 rings (SSSR count). The fourth-order valence-corrected chi connectivity index (χ4v) is 1.94. The van der Waals surface area contributed by atoms with Crippen LogP contribution in [0.5, 0.6) is 0 Å². The van der Waals surface area contributed by atoms with Crippen molar-refractivity contribution in [1.29, 1.82) is 0 Å². The first-order valence-corrected chi connectivity index (χ1v) is 5.50. The van der Waals surface area contributed by atoms with Crippen LogP contribution >= 0.6 is 12.2 Å². The minimum atomic E-state index is -1.13. The highest BCUT2D eigenvalue weighted by Gasteiger charge is 2.17. The summed E-state index contributed by atoms with van der Waals surface area (Å²) in [7, 11) is 0. The van der Waals surface area contributed by atoms with Crippen LogP contribution in [0.3, 0.4) is 0 Å². The molecule has 1 heterocycles. The molecular weight excluding hydrogens is 255 g/mol. The van der Waals surface area contributed by atoms with Crippen molar-refractivity contribution in [3.63, 3.8) is 0 Å². The van der Waals surface area contributed by atoms with Crippen molar-refractivity contribution in [1.82, 2.24) is 9.97 Å². The predicted octanol–water partition coefficient (Wildman–Crippen LogP) is 2.95. The van der Waals surface area contributed by atoms with E-state index >= 15 is 0 Å². The predicted molar refractivity (Wildman–Crippen MR) is 66.5 cm³/mol. The Hall–Kier alpha value is -2.08. The number of carboxylic acids is 1. The molecule has 4 nitrogen and oxygen atoms in total. The number of aryl methyl sites for hydroxylation is 1. The number of nitrogens with one attached hydrogen (secondary N) is 1. The molecule has 1 aromatic heterocycles. The largest absolute Gasteiger partial charge is 0.478 e. The zero-order valence-electron chi connectivity index (χ0n) is 9.40. The number of H-pyrrole nitrogens is 1. The van der Waals surface area contributed by atoms with Gasteiger partial charge in [0.25, 0.3) is 0 Å². The molecule has 0 saturated heterocycles. The number of benzene rings is 1. The van der Waals surface area contributed by atoms with E-state index in [-0.39, 0.29) is 16.0 Å². The summed E-state index contributed by atoms with van der Waals surface area (Å²) in [5, 5.41) is 9.18. The molecule has 18 heavy (non-hydrogen) atoms. The second-order valence-electron chi connectivity index (χ2n) is 3.71. The van der Waals surface area contributed by atoms with E-state index in [0.29, 0.717) is 11.3 Å². The van der Waals surface area contributed by atoms with Crippen molar-refractivity contribution in [2.75, 3.05) is 0 Å². The summed E-state index contributed by atoms with van der Waals surface area (Å²) < 4.78 is 13.3. The highest BCUT2D eigenvalue weighted by molar-refractivity contribution is 7.71. The highest BCUT2D eigenvalue weighted by atomic mass is 32.1. The monoisotopic (exact) mass is 264 g/mol. The van der Waals surface area contributed by atoms with Crippen molar-refractivity contribution >= 4 is 18.2 Å². The third kappa shape index (κ3) is 2.28. The van der Waals surface area contributed by atoms with Gasteiger partial charge in [0.2, 0.25) is 0 Å². The normalized spacial score (nSPS) is 10.3. The molecule has 92 valence electrons. The average molecular weight is 264 g/mol. The average Bonchev–Trinajstić information content (AvgIpc) is 2.27. The molecule has 0 unspecified atom stereocenters. The number of hydrogen-bond donors (Lipinski definition) is 2. The Morgan fingerprint density at radius 1 is 1.50 bits per heavy atom. The maximum Gasteiger partial charge on any atom is 0.339 e. The van der Waals surface area contributed by atoms with Gasteiger partial charge in [-0.25, -0.2) is 14.2 Å². The fourth-order valence-electron chi connectivity index (χ4n) is 1.69. The van der Waals surface area contributed by atoms with Crippen LogP contribution in [0, 0.1) is 17.5 Å². The van der Waals surface area contributed by atoms with Gasteiger partial charge in [-0.05, 0) is 31.3 Å². The molecule has 0 radical (unpaired) electrons. The van der Waals surface area contributed by atoms with E-state index in [9.17, 15) is 14.3 Å². The Labute approximate surface area is 107 Å². The molecule has 0 aliphatic carbocycles. The van der Waals surface area contributed by atoms with Crippen LogP contribution in [0.25, 0.3) is 11.3 Å². The highest BCUT2D eigenvalue weighted by Crippen LogP contribution is 2.23. The van der Waals surface area contributed by atoms with Crippen molar-refractivity contribution in [3.05, 3.63) is 46.1 Å². The van der Waals surface area contributed by atoms with Crippen LogP contribution in [0.4, 0.5) is 4.39 Å². The fraction of sp³-hybridized carbons (Fsp3) is 0.0833. The molecule has 0 aliphatic rings. The Morgan fingerprint density at radius 2 is 2.22 bits per heavy atom. The van der Waals surface area contributed by atoms with Gasteiger partial charge in [-0.3, -0.25) is 0 Å². The van der Waals surface area contributed by atoms with E-state index in [1.54, 1.807) is 13.0 Å². The van der Waals surface area contributed by atoms with Gasteiger partial charge in [0.15, 0.2) is 4.77 Å². The van der Waals surface area contributed by atoms with E-state index in [4.69, 9.17) is 12.2 Å². The SMILES string of the molecule is Cc1[nH]c(=S)nc(-c2cccc(F)c2)c1C(=O)O. The summed E-state index contributed by atoms with van der Waals surface area (Å²) in [4.78, 5) is 17.9. The molecule has 0 amide bonds. The zero-order valence-corrected chi connectivity index (χ0v) is 10.2. The third-order valence-corrected chi connectivity index (χ3v) is 2.62. The lowest BCUT2D eigenvalue weighted by atomic mass is 10.0. The lowest BCUT2D eigenvalue weighted by molar-refractivity contribution is 0.0696. The Morgan fingerprint density at radius 3 is 2.83 bits per heavy atom. The van der Waals surface area contributed by atoms with Crippen LogP contribution in [0.1, 0.15) is 16.1 Å². The molecular formula is C12H9FN2O2S. The molecule has 0 spiro atoms. The smallest absolute Gasteiger partial charge is 0.339 e. The van der Waals surface area contributed by atoms with E-state index in [1.165, 1.54) is 18.2 Å². The molecule has 0 saturated carbocycles. The maximum atomic E-state index is 13.2. The van der Waals surface area contributed by atoms with Crippen LogP contribution in [0.2, 0.25) is 0 Å². The van der Waals surface area contributed by atoms with Crippen LogP contribution < -0.4 is 0 Å². The van der Waals surface area contributed by atoms with E-state index < -0.39 is 11.8 Å². The van der Waals surface area contributed by atoms with Crippen molar-refractivity contribution in [2.45, 2.75) is 6.92 Å². The number of aromatic nitrogens is 2. The third-order valence-electron chi connectivity index (χ3n) is 2.43. The topological polar surface area (TPSA) is 66.0 Å². The van der Waals surface area contributed by atoms with Gasteiger partial charge in [-0.15, -0.1) is 0 Å². The first kappa shape index (κ1) is 12.4. The Kier molecular flexibility index (Phi) is 3.20. The summed E-state index contributed by atoms with van der Waals surface area (Å²) >= 11 is 4.91. The minimum absolute atomic E-state index is 0.00537. The Bertz CT molecular complexity index is 682. The first-order valence-electron chi connectivity index (χ1n) is 5.09. The van der Waals surface area contributed by atoms with Gasteiger partial charge < -0.3 is 10.1 Å². The first-order chi connectivity index (χ1) is 8.49. The van der Waals surface area contributed by atoms with Crippen molar-refractivity contribution in [2.24, 2.45) is 0 Å². The molecule has 0 bridgehead atoms. The second kappa shape index (κ2) is 4.66. The number of aromatic carboxylic acids is 1. The van der Waals surface area contributed by atoms with Gasteiger partial charge >= 0.3 is 5.97 Å². The van der Waals surface area contributed by atoms with Gasteiger partial charge in [0.1, 0.15) is 11.4 Å². The number of hydrogen-bond acceptors (Lipinski definition) is 3. The molecule has 2 N–H and O–H groups in total. The van der Waals surface area contributed by atoms with E-state index in [1.807, 2.05) is 0 Å². The van der Waals surface area contributed by atoms with Crippen LogP contribution in [-0.2, 0) is 0 Å². The number of carbonyl (C=O) groups is 1. The molecule has 6 heteroatoms. The molecule has 1 aromatic carbocycles. The number of halogens is 1. The number of aromatic amines is 1. The summed E-state index contributed by atoms with van der Waals surface area (Å²) in [5.41, 5.74) is 0.940. The van der Waals surface area contributed by atoms with Gasteiger partial charge in [0, 0.05) is 11.3 Å². The van der Waals surface area contributed by atoms with Crippen LogP contribution in [-0.4, -0.2) is 21.0 Å². The van der Waals surface area contributed by atoms with Crippen molar-refractivity contribution in [3.8, 4) is 11.3 Å². The number of nitrogens with zero attached hydrogens (tertiary/aromatic N) is 1. The van der Waals surface area contributed by atoms with Gasteiger partial charge in [-0.2, -0.15) is 0 Å². The lowest BCUT2D eigenvalue weighted by Gasteiger charge is -2.08.